The molecule has 0 spiro atoms. The maximum Gasteiger partial charge on any atom is 0.269 e. The number of rotatable bonds is 7. The molecular formula is C24H16BrFN2O4S2. The van der Waals surface area contributed by atoms with Crippen LogP contribution in [0.4, 0.5) is 10.1 Å². The van der Waals surface area contributed by atoms with E-state index in [2.05, 4.69) is 15.9 Å². The maximum atomic E-state index is 13.2. The molecule has 4 rings (SSSR count). The molecule has 0 unspecified atom stereocenters. The van der Waals surface area contributed by atoms with Gasteiger partial charge in [-0.25, -0.2) is 4.39 Å². The fraction of sp³-hybridized carbons (Fsp3) is 0.0833. The van der Waals surface area contributed by atoms with Crippen molar-refractivity contribution in [3.8, 4) is 5.75 Å². The average Bonchev–Trinajstić information content (AvgIpc) is 3.07. The summed E-state index contributed by atoms with van der Waals surface area (Å²) >= 11 is 10.0. The Kier molecular flexibility index (Phi) is 7.40. The van der Waals surface area contributed by atoms with E-state index in [1.165, 1.54) is 40.9 Å². The van der Waals surface area contributed by atoms with Gasteiger partial charge in [0.05, 0.1) is 16.4 Å². The second-order valence-electron chi connectivity index (χ2n) is 7.29. The summed E-state index contributed by atoms with van der Waals surface area (Å²) in [6.07, 6.45) is 1.71. The first-order valence-electron chi connectivity index (χ1n) is 9.95. The van der Waals surface area contributed by atoms with Gasteiger partial charge in [0.2, 0.25) is 0 Å². The van der Waals surface area contributed by atoms with Gasteiger partial charge in [-0.2, -0.15) is 0 Å². The molecule has 0 atom stereocenters. The number of nitro benzene ring substituents is 1. The normalized spacial score (nSPS) is 14.6. The Hall–Kier alpha value is -3.08. The Labute approximate surface area is 212 Å². The molecule has 172 valence electrons. The molecule has 1 heterocycles. The molecule has 1 saturated heterocycles. The second-order valence-corrected chi connectivity index (χ2v) is 9.88. The zero-order chi connectivity index (χ0) is 24.2. The number of ether oxygens (including phenoxy) is 1. The van der Waals surface area contributed by atoms with Crippen LogP contribution in [0, 0.1) is 15.9 Å². The topological polar surface area (TPSA) is 72.7 Å². The van der Waals surface area contributed by atoms with E-state index in [1.807, 2.05) is 6.07 Å². The first kappa shape index (κ1) is 24.1. The van der Waals surface area contributed by atoms with Crippen LogP contribution in [0.25, 0.3) is 6.08 Å². The van der Waals surface area contributed by atoms with Crippen molar-refractivity contribution < 1.29 is 18.8 Å². The van der Waals surface area contributed by atoms with E-state index in [-0.39, 0.29) is 30.6 Å². The summed E-state index contributed by atoms with van der Waals surface area (Å²) in [5.41, 5.74) is 2.06. The lowest BCUT2D eigenvalue weighted by Crippen LogP contribution is -2.27. The number of halogens is 2. The highest BCUT2D eigenvalue weighted by atomic mass is 79.9. The number of carbonyl (C=O) groups is 1. The lowest BCUT2D eigenvalue weighted by Gasteiger charge is -2.14. The van der Waals surface area contributed by atoms with Crippen molar-refractivity contribution in [1.82, 2.24) is 4.90 Å². The van der Waals surface area contributed by atoms with Crippen molar-refractivity contribution >= 4 is 61.9 Å². The van der Waals surface area contributed by atoms with Crippen molar-refractivity contribution in [2.45, 2.75) is 13.2 Å². The lowest BCUT2D eigenvalue weighted by molar-refractivity contribution is -0.384. The fourth-order valence-electron chi connectivity index (χ4n) is 3.23. The summed E-state index contributed by atoms with van der Waals surface area (Å²) in [5, 5.41) is 11.0. The smallest absolute Gasteiger partial charge is 0.269 e. The molecule has 0 saturated carbocycles. The molecule has 0 aromatic heterocycles. The number of hydrogen-bond donors (Lipinski definition) is 0. The van der Waals surface area contributed by atoms with E-state index in [0.29, 0.717) is 26.1 Å². The number of nitro groups is 1. The second kappa shape index (κ2) is 10.5. The molecule has 0 aliphatic carbocycles. The van der Waals surface area contributed by atoms with Gasteiger partial charge in [0, 0.05) is 22.2 Å². The third-order valence-electron chi connectivity index (χ3n) is 4.90. The fourth-order valence-corrected chi connectivity index (χ4v) is 4.86. The van der Waals surface area contributed by atoms with Gasteiger partial charge < -0.3 is 4.74 Å². The Morgan fingerprint density at radius 3 is 2.62 bits per heavy atom. The largest absolute Gasteiger partial charge is 0.488 e. The van der Waals surface area contributed by atoms with Gasteiger partial charge in [-0.05, 0) is 47.5 Å². The lowest BCUT2D eigenvalue weighted by atomic mass is 10.1. The maximum absolute atomic E-state index is 13.2. The number of thiocarbonyl (C=S) groups is 1. The SMILES string of the molecule is O=C1/C(=C/c2cc(Br)ccc2OCc2cccc([N+](=O)[O-])c2)SC(=S)N1Cc1ccc(F)cc1. The van der Waals surface area contributed by atoms with Crippen molar-refractivity contribution in [2.24, 2.45) is 0 Å². The van der Waals surface area contributed by atoms with Crippen molar-refractivity contribution in [3.05, 3.63) is 109 Å². The Morgan fingerprint density at radius 2 is 1.88 bits per heavy atom. The summed E-state index contributed by atoms with van der Waals surface area (Å²) in [7, 11) is 0. The van der Waals surface area contributed by atoms with Gasteiger partial charge in [-0.3, -0.25) is 19.8 Å². The van der Waals surface area contributed by atoms with Crippen LogP contribution < -0.4 is 4.74 Å². The number of carbonyl (C=O) groups excluding carboxylic acids is 1. The Bertz CT molecular complexity index is 1310. The Balaban J connectivity index is 1.54. The molecule has 6 nitrogen and oxygen atoms in total. The quantitative estimate of drug-likeness (QED) is 0.143. The highest BCUT2D eigenvalue weighted by Crippen LogP contribution is 2.36. The van der Waals surface area contributed by atoms with E-state index in [1.54, 1.807) is 42.5 Å². The molecule has 1 fully saturated rings. The van der Waals surface area contributed by atoms with Crippen LogP contribution in [0.1, 0.15) is 16.7 Å². The van der Waals surface area contributed by atoms with E-state index >= 15 is 0 Å². The first-order valence-corrected chi connectivity index (χ1v) is 12.0. The van der Waals surface area contributed by atoms with Crippen LogP contribution in [0.15, 0.2) is 76.1 Å². The molecular weight excluding hydrogens is 543 g/mol. The van der Waals surface area contributed by atoms with Crippen molar-refractivity contribution in [2.75, 3.05) is 0 Å². The summed E-state index contributed by atoms with van der Waals surface area (Å²) in [6.45, 7) is 0.368. The molecule has 1 aliphatic heterocycles. The molecule has 34 heavy (non-hydrogen) atoms. The third-order valence-corrected chi connectivity index (χ3v) is 6.77. The number of non-ortho nitro benzene ring substituents is 1. The zero-order valence-corrected chi connectivity index (χ0v) is 20.7. The van der Waals surface area contributed by atoms with Gasteiger partial charge in [-0.1, -0.05) is 64.2 Å². The third kappa shape index (κ3) is 5.69. The molecule has 0 radical (unpaired) electrons. The highest BCUT2D eigenvalue weighted by molar-refractivity contribution is 9.10. The number of nitrogens with zero attached hydrogens (tertiary/aromatic N) is 2. The number of amides is 1. The first-order chi connectivity index (χ1) is 16.3. The molecule has 3 aromatic carbocycles. The minimum Gasteiger partial charge on any atom is -0.488 e. The van der Waals surface area contributed by atoms with Gasteiger partial charge in [0.1, 0.15) is 22.5 Å². The molecule has 1 amide bonds. The molecule has 10 heteroatoms. The van der Waals surface area contributed by atoms with E-state index in [0.717, 1.165) is 10.0 Å². The van der Waals surface area contributed by atoms with Crippen LogP contribution in [0.2, 0.25) is 0 Å². The van der Waals surface area contributed by atoms with Gasteiger partial charge in [0.25, 0.3) is 11.6 Å². The molecule has 0 N–H and O–H groups in total. The van der Waals surface area contributed by atoms with Crippen LogP contribution in [0.5, 0.6) is 5.75 Å². The van der Waals surface area contributed by atoms with Gasteiger partial charge >= 0.3 is 0 Å². The van der Waals surface area contributed by atoms with Gasteiger partial charge in [0.15, 0.2) is 0 Å². The predicted molar refractivity (Wildman–Crippen MR) is 137 cm³/mol. The highest BCUT2D eigenvalue weighted by Gasteiger charge is 2.32. The summed E-state index contributed by atoms with van der Waals surface area (Å²) in [5.74, 6) is -0.0798. The van der Waals surface area contributed by atoms with Crippen LogP contribution in [0.3, 0.4) is 0 Å². The number of thioether (sulfide) groups is 1. The molecule has 0 bridgehead atoms. The summed E-state index contributed by atoms with van der Waals surface area (Å²) in [4.78, 5) is 25.5. The summed E-state index contributed by atoms with van der Waals surface area (Å²) < 4.78 is 20.3. The van der Waals surface area contributed by atoms with Crippen LogP contribution >= 0.6 is 39.9 Å². The van der Waals surface area contributed by atoms with E-state index in [4.69, 9.17) is 17.0 Å². The Morgan fingerprint density at radius 1 is 1.12 bits per heavy atom. The monoisotopic (exact) mass is 558 g/mol. The van der Waals surface area contributed by atoms with E-state index in [9.17, 15) is 19.3 Å². The van der Waals surface area contributed by atoms with Crippen LogP contribution in [-0.4, -0.2) is 20.1 Å². The molecule has 1 aliphatic rings. The standard InChI is InChI=1S/C24H16BrFN2O4S2/c25-18-6-9-21(32-14-16-2-1-3-20(10-16)28(30)31)17(11-18)12-22-23(29)27(24(33)34-22)13-15-4-7-19(26)8-5-15/h1-12H,13-14H2/b22-12-. The van der Waals surface area contributed by atoms with Crippen molar-refractivity contribution in [1.29, 1.82) is 0 Å². The minimum atomic E-state index is -0.456. The average molecular weight is 559 g/mol. The molecule has 3 aromatic rings. The zero-order valence-electron chi connectivity index (χ0n) is 17.4. The minimum absolute atomic E-state index is 0.0121. The van der Waals surface area contributed by atoms with E-state index < -0.39 is 4.92 Å². The number of hydrogen-bond acceptors (Lipinski definition) is 6. The number of benzene rings is 3. The predicted octanol–water partition coefficient (Wildman–Crippen LogP) is 6.48. The summed E-state index contributed by atoms with van der Waals surface area (Å²) in [6, 6.07) is 17.5. The van der Waals surface area contributed by atoms with Crippen molar-refractivity contribution in [3.63, 3.8) is 0 Å². The van der Waals surface area contributed by atoms with Gasteiger partial charge in [-0.15, -0.1) is 0 Å². The van der Waals surface area contributed by atoms with Crippen LogP contribution in [-0.2, 0) is 17.9 Å².